The van der Waals surface area contributed by atoms with Crippen LogP contribution in [-0.2, 0) is 9.53 Å². The number of carbonyl (C=O) groups excluding carboxylic acids is 1. The number of rotatable bonds is 4. The number of hydrogen-bond acceptors (Lipinski definition) is 4. The van der Waals surface area contributed by atoms with Crippen LogP contribution in [0, 0.1) is 18.3 Å². The van der Waals surface area contributed by atoms with Gasteiger partial charge in [-0.15, -0.1) is 0 Å². The van der Waals surface area contributed by atoms with Crippen LogP contribution >= 0.6 is 0 Å². The Morgan fingerprint density at radius 3 is 2.88 bits per heavy atom. The highest BCUT2D eigenvalue weighted by atomic mass is 16.5. The van der Waals surface area contributed by atoms with Crippen LogP contribution in [0.3, 0.4) is 0 Å². The van der Waals surface area contributed by atoms with E-state index in [2.05, 4.69) is 11.4 Å². The summed E-state index contributed by atoms with van der Waals surface area (Å²) in [5.74, 6) is -0.322. The van der Waals surface area contributed by atoms with Gasteiger partial charge in [-0.25, -0.2) is 4.79 Å². The van der Waals surface area contributed by atoms with Crippen molar-refractivity contribution in [1.29, 1.82) is 5.26 Å². The zero-order valence-electron chi connectivity index (χ0n) is 10.3. The van der Waals surface area contributed by atoms with E-state index < -0.39 is 6.04 Å². The molecule has 0 aliphatic heterocycles. The Labute approximate surface area is 101 Å². The van der Waals surface area contributed by atoms with E-state index in [9.17, 15) is 4.79 Å². The predicted octanol–water partition coefficient (Wildman–Crippen LogP) is 2.23. The number of hydrogen-bond donors (Lipinski definition) is 1. The summed E-state index contributed by atoms with van der Waals surface area (Å²) in [7, 11) is 0. The molecular weight excluding hydrogens is 216 g/mol. The van der Waals surface area contributed by atoms with Crippen LogP contribution in [0.4, 0.5) is 5.69 Å². The first-order valence-electron chi connectivity index (χ1n) is 5.52. The van der Waals surface area contributed by atoms with Crippen molar-refractivity contribution in [2.45, 2.75) is 26.8 Å². The molecule has 1 N–H and O–H groups in total. The summed E-state index contributed by atoms with van der Waals surface area (Å²) in [5.41, 5.74) is 2.19. The first kappa shape index (κ1) is 13.0. The van der Waals surface area contributed by atoms with Gasteiger partial charge in [-0.05, 0) is 38.5 Å². The van der Waals surface area contributed by atoms with Gasteiger partial charge >= 0.3 is 5.97 Å². The molecule has 4 heteroatoms. The molecule has 0 spiro atoms. The van der Waals surface area contributed by atoms with Crippen LogP contribution in [-0.4, -0.2) is 18.6 Å². The monoisotopic (exact) mass is 232 g/mol. The third-order valence-electron chi connectivity index (χ3n) is 2.31. The molecule has 4 nitrogen and oxygen atoms in total. The van der Waals surface area contributed by atoms with Gasteiger partial charge in [0, 0.05) is 0 Å². The van der Waals surface area contributed by atoms with E-state index in [4.69, 9.17) is 10.00 Å². The lowest BCUT2D eigenvalue weighted by molar-refractivity contribution is -0.143. The highest BCUT2D eigenvalue weighted by Gasteiger charge is 2.14. The largest absolute Gasteiger partial charge is 0.464 e. The van der Waals surface area contributed by atoms with Gasteiger partial charge in [-0.3, -0.25) is 0 Å². The van der Waals surface area contributed by atoms with Gasteiger partial charge in [-0.1, -0.05) is 6.07 Å². The zero-order chi connectivity index (χ0) is 12.8. The van der Waals surface area contributed by atoms with E-state index in [1.54, 1.807) is 26.0 Å². The number of carbonyl (C=O) groups is 1. The molecule has 1 aromatic rings. The second-order valence-electron chi connectivity index (χ2n) is 3.78. The van der Waals surface area contributed by atoms with Crippen LogP contribution in [0.1, 0.15) is 25.0 Å². The summed E-state index contributed by atoms with van der Waals surface area (Å²) in [6, 6.07) is 7.09. The minimum Gasteiger partial charge on any atom is -0.464 e. The van der Waals surface area contributed by atoms with Gasteiger partial charge in [-0.2, -0.15) is 5.26 Å². The Morgan fingerprint density at radius 1 is 1.59 bits per heavy atom. The van der Waals surface area contributed by atoms with Gasteiger partial charge in [0.25, 0.3) is 0 Å². The Balaban J connectivity index is 2.82. The second-order valence-corrected chi connectivity index (χ2v) is 3.78. The molecule has 0 radical (unpaired) electrons. The molecular formula is C13H16N2O2. The number of esters is 1. The average Bonchev–Trinajstić information content (AvgIpc) is 2.31. The fraction of sp³-hybridized carbons (Fsp3) is 0.385. The summed E-state index contributed by atoms with van der Waals surface area (Å²) >= 11 is 0. The van der Waals surface area contributed by atoms with Gasteiger partial charge in [0.05, 0.1) is 17.9 Å². The molecule has 1 atom stereocenters. The van der Waals surface area contributed by atoms with E-state index in [1.807, 2.05) is 13.0 Å². The molecule has 0 amide bonds. The van der Waals surface area contributed by atoms with Gasteiger partial charge in [0.2, 0.25) is 0 Å². The minimum atomic E-state index is -0.468. The van der Waals surface area contributed by atoms with Gasteiger partial charge in [0.15, 0.2) is 0 Å². The van der Waals surface area contributed by atoms with Crippen molar-refractivity contribution >= 4 is 11.7 Å². The van der Waals surface area contributed by atoms with Crippen molar-refractivity contribution < 1.29 is 9.53 Å². The first-order valence-corrected chi connectivity index (χ1v) is 5.52. The summed E-state index contributed by atoms with van der Waals surface area (Å²) in [5, 5.41) is 12.0. The molecule has 1 aromatic carbocycles. The minimum absolute atomic E-state index is 0.322. The molecule has 17 heavy (non-hydrogen) atoms. The Morgan fingerprint density at radius 2 is 2.29 bits per heavy atom. The van der Waals surface area contributed by atoms with Crippen molar-refractivity contribution in [3.63, 3.8) is 0 Å². The lowest BCUT2D eigenvalue weighted by Crippen LogP contribution is -2.28. The van der Waals surface area contributed by atoms with Crippen molar-refractivity contribution in [2.24, 2.45) is 0 Å². The average molecular weight is 232 g/mol. The first-order chi connectivity index (χ1) is 8.08. The Kier molecular flexibility index (Phi) is 4.53. The molecule has 0 saturated heterocycles. The molecule has 0 aliphatic carbocycles. The molecule has 0 bridgehead atoms. The number of aryl methyl sites for hydroxylation is 1. The molecule has 90 valence electrons. The third-order valence-corrected chi connectivity index (χ3v) is 2.31. The molecule has 0 saturated carbocycles. The molecule has 0 aliphatic rings. The molecule has 1 unspecified atom stereocenters. The number of benzene rings is 1. The van der Waals surface area contributed by atoms with Gasteiger partial charge < -0.3 is 10.1 Å². The highest BCUT2D eigenvalue weighted by Crippen LogP contribution is 2.17. The zero-order valence-corrected chi connectivity index (χ0v) is 10.3. The smallest absolute Gasteiger partial charge is 0.328 e. The Hall–Kier alpha value is -2.02. The van der Waals surface area contributed by atoms with E-state index in [1.165, 1.54) is 0 Å². The maximum Gasteiger partial charge on any atom is 0.328 e. The topological polar surface area (TPSA) is 62.1 Å². The lowest BCUT2D eigenvalue weighted by Gasteiger charge is -2.15. The van der Waals surface area contributed by atoms with E-state index >= 15 is 0 Å². The van der Waals surface area contributed by atoms with Gasteiger partial charge in [0.1, 0.15) is 12.1 Å². The Bertz CT molecular complexity index is 449. The number of nitriles is 1. The van der Waals surface area contributed by atoms with Crippen LogP contribution in [0.2, 0.25) is 0 Å². The van der Waals surface area contributed by atoms with Crippen molar-refractivity contribution in [2.75, 3.05) is 11.9 Å². The third kappa shape index (κ3) is 3.49. The van der Waals surface area contributed by atoms with Crippen LogP contribution in [0.15, 0.2) is 18.2 Å². The molecule has 0 heterocycles. The summed E-state index contributed by atoms with van der Waals surface area (Å²) in [6.07, 6.45) is 0. The number of anilines is 1. The highest BCUT2D eigenvalue weighted by molar-refractivity contribution is 5.79. The van der Waals surface area contributed by atoms with Crippen molar-refractivity contribution in [3.05, 3.63) is 29.3 Å². The number of ether oxygens (including phenoxy) is 1. The number of nitrogens with zero attached hydrogens (tertiary/aromatic N) is 1. The van der Waals surface area contributed by atoms with Crippen LogP contribution in [0.5, 0.6) is 0 Å². The lowest BCUT2D eigenvalue weighted by atomic mass is 10.1. The van der Waals surface area contributed by atoms with Crippen LogP contribution in [0.25, 0.3) is 0 Å². The van der Waals surface area contributed by atoms with E-state index in [0.717, 1.165) is 5.56 Å². The van der Waals surface area contributed by atoms with E-state index in [-0.39, 0.29) is 5.97 Å². The second kappa shape index (κ2) is 5.90. The number of nitrogens with one attached hydrogen (secondary N) is 1. The normalized spacial score (nSPS) is 11.4. The summed E-state index contributed by atoms with van der Waals surface area (Å²) in [6.45, 7) is 5.74. The maximum absolute atomic E-state index is 11.4. The quantitative estimate of drug-likeness (QED) is 0.808. The predicted molar refractivity (Wildman–Crippen MR) is 65.6 cm³/mol. The fourth-order valence-corrected chi connectivity index (χ4v) is 1.44. The van der Waals surface area contributed by atoms with Crippen molar-refractivity contribution in [3.8, 4) is 6.07 Å². The molecule has 1 rings (SSSR count). The summed E-state index contributed by atoms with van der Waals surface area (Å²) < 4.78 is 4.89. The summed E-state index contributed by atoms with van der Waals surface area (Å²) in [4.78, 5) is 11.4. The van der Waals surface area contributed by atoms with Crippen LogP contribution < -0.4 is 5.32 Å². The van der Waals surface area contributed by atoms with Crippen molar-refractivity contribution in [1.82, 2.24) is 0 Å². The molecule has 0 aromatic heterocycles. The SMILES string of the molecule is CCOC(=O)C(C)Nc1ccc(C)cc1C#N. The van der Waals surface area contributed by atoms with E-state index in [0.29, 0.717) is 17.9 Å². The fourth-order valence-electron chi connectivity index (χ4n) is 1.44. The standard InChI is InChI=1S/C13H16N2O2/c1-4-17-13(16)10(3)15-12-6-5-9(2)7-11(12)8-14/h5-7,10,15H,4H2,1-3H3. The molecule has 0 fully saturated rings. The maximum atomic E-state index is 11.4.